The number of methoxy groups -OCH3 is 1. The Labute approximate surface area is 118 Å². The highest BCUT2D eigenvalue weighted by Gasteiger charge is 2.18. The quantitative estimate of drug-likeness (QED) is 0.496. The van der Waals surface area contributed by atoms with E-state index < -0.39 is 11.8 Å². The summed E-state index contributed by atoms with van der Waals surface area (Å²) in [6, 6.07) is 7.23. The number of carbonyl (C=O) groups is 2. The molecule has 0 saturated heterocycles. The maximum absolute atomic E-state index is 11.7. The van der Waals surface area contributed by atoms with Gasteiger partial charge in [-0.1, -0.05) is 12.1 Å². The highest BCUT2D eigenvalue weighted by molar-refractivity contribution is 6.34. The van der Waals surface area contributed by atoms with E-state index in [0.29, 0.717) is 24.4 Å². The second-order valence-electron chi connectivity index (χ2n) is 3.92. The Hall–Kier alpha value is -2.37. The van der Waals surface area contributed by atoms with E-state index in [4.69, 9.17) is 4.74 Å². The molecule has 0 unspecified atom stereocenters. The molecule has 0 aliphatic carbocycles. The molecule has 0 fully saturated rings. The molecule has 2 amide bonds. The van der Waals surface area contributed by atoms with E-state index in [1.165, 1.54) is 11.1 Å². The van der Waals surface area contributed by atoms with Gasteiger partial charge in [0.2, 0.25) is 0 Å². The minimum Gasteiger partial charge on any atom is -0.496 e. The van der Waals surface area contributed by atoms with Crippen LogP contribution in [0, 0.1) is 0 Å². The van der Waals surface area contributed by atoms with Gasteiger partial charge in [-0.3, -0.25) is 9.59 Å². The number of carbonyl (C=O) groups excluding carboxylic acids is 2. The molecule has 0 aliphatic heterocycles. The highest BCUT2D eigenvalue weighted by Crippen LogP contribution is 2.14. The van der Waals surface area contributed by atoms with E-state index in [1.54, 1.807) is 19.2 Å². The van der Waals surface area contributed by atoms with Crippen LogP contribution in [0.5, 0.6) is 5.75 Å². The van der Waals surface area contributed by atoms with Crippen LogP contribution in [-0.2, 0) is 9.59 Å². The van der Waals surface area contributed by atoms with Crippen LogP contribution >= 0.6 is 0 Å². The van der Waals surface area contributed by atoms with E-state index in [2.05, 4.69) is 10.5 Å². The van der Waals surface area contributed by atoms with Crippen molar-refractivity contribution in [2.75, 3.05) is 20.2 Å². The predicted molar refractivity (Wildman–Crippen MR) is 76.7 cm³/mol. The van der Waals surface area contributed by atoms with Crippen molar-refractivity contribution in [2.24, 2.45) is 5.10 Å². The molecular weight excluding hydrogens is 258 g/mol. The van der Waals surface area contributed by atoms with E-state index in [1.807, 2.05) is 26.0 Å². The SMILES string of the molecule is CCN(CC)C(=O)C(=O)N/N=C\c1ccccc1OC. The number of likely N-dealkylation sites (N-methyl/N-ethyl adjacent to an activating group) is 1. The van der Waals surface area contributed by atoms with Crippen LogP contribution in [0.4, 0.5) is 0 Å². The summed E-state index contributed by atoms with van der Waals surface area (Å²) in [4.78, 5) is 24.7. The van der Waals surface area contributed by atoms with Gasteiger partial charge in [0.05, 0.1) is 13.3 Å². The zero-order chi connectivity index (χ0) is 15.0. The zero-order valence-electron chi connectivity index (χ0n) is 11.9. The summed E-state index contributed by atoms with van der Waals surface area (Å²) in [6.45, 7) is 4.59. The van der Waals surface area contributed by atoms with Crippen LogP contribution in [0.15, 0.2) is 29.4 Å². The minimum atomic E-state index is -0.750. The van der Waals surface area contributed by atoms with Gasteiger partial charge in [0.25, 0.3) is 0 Å². The van der Waals surface area contributed by atoms with Crippen molar-refractivity contribution in [2.45, 2.75) is 13.8 Å². The topological polar surface area (TPSA) is 71.0 Å². The lowest BCUT2D eigenvalue weighted by Gasteiger charge is -2.16. The Morgan fingerprint density at radius 2 is 1.95 bits per heavy atom. The summed E-state index contributed by atoms with van der Waals surface area (Å²) < 4.78 is 5.14. The number of benzene rings is 1. The van der Waals surface area contributed by atoms with Crippen molar-refractivity contribution in [1.82, 2.24) is 10.3 Å². The summed E-state index contributed by atoms with van der Waals surface area (Å²) >= 11 is 0. The number of nitrogens with zero attached hydrogens (tertiary/aromatic N) is 2. The van der Waals surface area contributed by atoms with Gasteiger partial charge in [-0.2, -0.15) is 5.10 Å². The largest absolute Gasteiger partial charge is 0.496 e. The third kappa shape index (κ3) is 4.08. The Kier molecular flexibility index (Phi) is 6.22. The fraction of sp³-hybridized carbons (Fsp3) is 0.357. The number of nitrogens with one attached hydrogen (secondary N) is 1. The van der Waals surface area contributed by atoms with Crippen LogP contribution in [0.25, 0.3) is 0 Å². The molecule has 1 aromatic carbocycles. The average Bonchev–Trinajstić information content (AvgIpc) is 2.48. The lowest BCUT2D eigenvalue weighted by molar-refractivity contribution is -0.145. The molecule has 6 heteroatoms. The molecule has 108 valence electrons. The number of hydrogen-bond donors (Lipinski definition) is 1. The first-order valence-corrected chi connectivity index (χ1v) is 6.39. The molecule has 0 saturated carbocycles. The molecule has 0 bridgehead atoms. The number of amides is 2. The first kappa shape index (κ1) is 15.7. The van der Waals surface area contributed by atoms with E-state index in [-0.39, 0.29) is 0 Å². The molecule has 0 aromatic heterocycles. The summed E-state index contributed by atoms with van der Waals surface area (Å²) in [5.74, 6) is -0.701. The standard InChI is InChI=1S/C14H19N3O3/c1-4-17(5-2)14(19)13(18)16-15-10-11-8-6-7-9-12(11)20-3/h6-10H,4-5H2,1-3H3,(H,16,18)/b15-10-. The van der Waals surface area contributed by atoms with Crippen LogP contribution in [0.3, 0.4) is 0 Å². The van der Waals surface area contributed by atoms with E-state index in [0.717, 1.165) is 0 Å². The van der Waals surface area contributed by atoms with Crippen LogP contribution in [-0.4, -0.2) is 43.1 Å². The van der Waals surface area contributed by atoms with Gasteiger partial charge in [-0.25, -0.2) is 5.43 Å². The van der Waals surface area contributed by atoms with Crippen molar-refractivity contribution in [1.29, 1.82) is 0 Å². The highest BCUT2D eigenvalue weighted by atomic mass is 16.5. The lowest BCUT2D eigenvalue weighted by Crippen LogP contribution is -2.41. The minimum absolute atomic E-state index is 0.485. The lowest BCUT2D eigenvalue weighted by atomic mass is 10.2. The van der Waals surface area contributed by atoms with Gasteiger partial charge in [0.15, 0.2) is 0 Å². The van der Waals surface area contributed by atoms with E-state index >= 15 is 0 Å². The van der Waals surface area contributed by atoms with Crippen molar-refractivity contribution in [3.63, 3.8) is 0 Å². The molecule has 1 N–H and O–H groups in total. The zero-order valence-corrected chi connectivity index (χ0v) is 11.9. The second kappa shape index (κ2) is 7.93. The van der Waals surface area contributed by atoms with Crippen molar-refractivity contribution >= 4 is 18.0 Å². The van der Waals surface area contributed by atoms with E-state index in [9.17, 15) is 9.59 Å². The van der Waals surface area contributed by atoms with Gasteiger partial charge in [-0.15, -0.1) is 0 Å². The first-order chi connectivity index (χ1) is 9.63. The molecule has 0 heterocycles. The third-order valence-electron chi connectivity index (χ3n) is 2.75. The van der Waals surface area contributed by atoms with Crippen molar-refractivity contribution in [3.8, 4) is 5.75 Å². The molecule has 1 rings (SSSR count). The Morgan fingerprint density at radius 3 is 2.55 bits per heavy atom. The number of ether oxygens (including phenoxy) is 1. The number of hydrazone groups is 1. The fourth-order valence-electron chi connectivity index (χ4n) is 1.64. The van der Waals surface area contributed by atoms with Gasteiger partial charge >= 0.3 is 11.8 Å². The molecule has 20 heavy (non-hydrogen) atoms. The Balaban J connectivity index is 2.64. The molecule has 6 nitrogen and oxygen atoms in total. The molecule has 0 atom stereocenters. The first-order valence-electron chi connectivity index (χ1n) is 6.39. The molecule has 0 aliphatic rings. The third-order valence-corrected chi connectivity index (χ3v) is 2.75. The second-order valence-corrected chi connectivity index (χ2v) is 3.92. The number of hydrogen-bond acceptors (Lipinski definition) is 4. The maximum atomic E-state index is 11.7. The number of rotatable bonds is 5. The monoisotopic (exact) mass is 277 g/mol. The maximum Gasteiger partial charge on any atom is 0.329 e. The summed E-state index contributed by atoms with van der Waals surface area (Å²) in [5, 5.41) is 3.77. The van der Waals surface area contributed by atoms with Gasteiger partial charge in [-0.05, 0) is 26.0 Å². The van der Waals surface area contributed by atoms with Crippen LogP contribution in [0.1, 0.15) is 19.4 Å². The predicted octanol–water partition coefficient (Wildman–Crippen LogP) is 1.01. The van der Waals surface area contributed by atoms with Crippen molar-refractivity contribution < 1.29 is 14.3 Å². The number of para-hydroxylation sites is 1. The van der Waals surface area contributed by atoms with Gasteiger partial charge in [0, 0.05) is 18.7 Å². The molecule has 0 radical (unpaired) electrons. The van der Waals surface area contributed by atoms with Crippen LogP contribution < -0.4 is 10.2 Å². The van der Waals surface area contributed by atoms with Crippen LogP contribution in [0.2, 0.25) is 0 Å². The van der Waals surface area contributed by atoms with Crippen molar-refractivity contribution in [3.05, 3.63) is 29.8 Å². The van der Waals surface area contributed by atoms with Gasteiger partial charge in [0.1, 0.15) is 5.75 Å². The fourth-order valence-corrected chi connectivity index (χ4v) is 1.64. The summed E-state index contributed by atoms with van der Waals surface area (Å²) in [6.07, 6.45) is 1.44. The molecular formula is C14H19N3O3. The molecule has 1 aromatic rings. The average molecular weight is 277 g/mol. The Bertz CT molecular complexity index is 496. The molecule has 0 spiro atoms. The van der Waals surface area contributed by atoms with Gasteiger partial charge < -0.3 is 9.64 Å². The normalized spacial score (nSPS) is 10.3. The Morgan fingerprint density at radius 1 is 1.30 bits per heavy atom. The summed E-state index contributed by atoms with van der Waals surface area (Å²) in [5.41, 5.74) is 2.93. The summed E-state index contributed by atoms with van der Waals surface area (Å²) in [7, 11) is 1.55. The smallest absolute Gasteiger partial charge is 0.329 e.